The number of hydrogen-bond acceptors (Lipinski definition) is 3. The predicted molar refractivity (Wildman–Crippen MR) is 98.8 cm³/mol. The lowest BCUT2D eigenvalue weighted by Gasteiger charge is -2.16. The molecule has 0 aliphatic heterocycles. The fourth-order valence-corrected chi connectivity index (χ4v) is 3.80. The molecule has 0 amide bonds. The standard InChI is InChI=1S/C15H15Br2ClN2S/c16-11-3-5-14(6-4-11)21-9-13(20-19)7-10-1-2-12(17)8-15(10)18/h1-6,8,13,20H,7,9,19H2. The molecule has 0 bridgehead atoms. The molecule has 2 nitrogen and oxygen atoms in total. The zero-order valence-electron chi connectivity index (χ0n) is 11.2. The van der Waals surface area contributed by atoms with Crippen molar-refractivity contribution in [1.82, 2.24) is 5.43 Å². The van der Waals surface area contributed by atoms with Crippen LogP contribution in [-0.2, 0) is 6.42 Å². The summed E-state index contributed by atoms with van der Waals surface area (Å²) in [6, 6.07) is 14.4. The molecule has 21 heavy (non-hydrogen) atoms. The lowest BCUT2D eigenvalue weighted by molar-refractivity contribution is 0.575. The second-order valence-electron chi connectivity index (χ2n) is 4.57. The average molecular weight is 451 g/mol. The first-order valence-corrected chi connectivity index (χ1v) is 9.32. The molecule has 6 heteroatoms. The number of hydrogen-bond donors (Lipinski definition) is 2. The average Bonchev–Trinajstić information content (AvgIpc) is 2.47. The summed E-state index contributed by atoms with van der Waals surface area (Å²) in [6.45, 7) is 0. The third-order valence-electron chi connectivity index (χ3n) is 2.98. The van der Waals surface area contributed by atoms with Gasteiger partial charge in [0.2, 0.25) is 0 Å². The van der Waals surface area contributed by atoms with Crippen LogP contribution in [-0.4, -0.2) is 11.8 Å². The van der Waals surface area contributed by atoms with E-state index in [0.717, 1.165) is 31.7 Å². The van der Waals surface area contributed by atoms with E-state index in [-0.39, 0.29) is 6.04 Å². The summed E-state index contributed by atoms with van der Waals surface area (Å²) >= 11 is 14.9. The highest BCUT2D eigenvalue weighted by molar-refractivity contribution is 9.10. The highest BCUT2D eigenvalue weighted by atomic mass is 79.9. The third kappa shape index (κ3) is 5.58. The largest absolute Gasteiger partial charge is 0.271 e. The Bertz CT molecular complexity index is 593. The molecule has 2 aromatic rings. The summed E-state index contributed by atoms with van der Waals surface area (Å²) in [5, 5.41) is 0.762. The Morgan fingerprint density at radius 2 is 1.76 bits per heavy atom. The minimum absolute atomic E-state index is 0.164. The SMILES string of the molecule is NNC(CSc1ccc(Br)cc1)Cc1ccc(Br)cc1Cl. The Morgan fingerprint density at radius 1 is 1.10 bits per heavy atom. The molecule has 1 atom stereocenters. The number of nitrogens with two attached hydrogens (primary N) is 1. The molecular weight excluding hydrogens is 436 g/mol. The Balaban J connectivity index is 1.95. The molecule has 0 fully saturated rings. The molecule has 0 aliphatic carbocycles. The molecule has 2 rings (SSSR count). The van der Waals surface area contributed by atoms with E-state index in [1.165, 1.54) is 4.90 Å². The molecule has 2 aromatic carbocycles. The van der Waals surface area contributed by atoms with Gasteiger partial charge in [-0.1, -0.05) is 49.5 Å². The van der Waals surface area contributed by atoms with Crippen LogP contribution >= 0.6 is 55.2 Å². The molecular formula is C15H15Br2ClN2S. The summed E-state index contributed by atoms with van der Waals surface area (Å²) < 4.78 is 2.07. The van der Waals surface area contributed by atoms with Gasteiger partial charge in [-0.05, 0) is 48.4 Å². The van der Waals surface area contributed by atoms with E-state index in [4.69, 9.17) is 17.4 Å². The van der Waals surface area contributed by atoms with Crippen LogP contribution in [0.4, 0.5) is 0 Å². The van der Waals surface area contributed by atoms with Crippen molar-refractivity contribution in [2.24, 2.45) is 5.84 Å². The minimum atomic E-state index is 0.164. The molecule has 0 saturated heterocycles. The first-order chi connectivity index (χ1) is 10.1. The predicted octanol–water partition coefficient (Wildman–Crippen LogP) is 5.03. The molecule has 1 unspecified atom stereocenters. The number of halogens is 3. The zero-order chi connectivity index (χ0) is 15.2. The highest BCUT2D eigenvalue weighted by Crippen LogP contribution is 2.25. The van der Waals surface area contributed by atoms with Crippen molar-refractivity contribution in [3.05, 3.63) is 62.0 Å². The van der Waals surface area contributed by atoms with Gasteiger partial charge in [-0.2, -0.15) is 0 Å². The summed E-state index contributed by atoms with van der Waals surface area (Å²) in [6.07, 6.45) is 0.798. The van der Waals surface area contributed by atoms with E-state index in [0.29, 0.717) is 0 Å². The van der Waals surface area contributed by atoms with Gasteiger partial charge >= 0.3 is 0 Å². The van der Waals surface area contributed by atoms with Gasteiger partial charge < -0.3 is 0 Å². The monoisotopic (exact) mass is 448 g/mol. The van der Waals surface area contributed by atoms with Crippen LogP contribution in [0.5, 0.6) is 0 Å². The lowest BCUT2D eigenvalue weighted by atomic mass is 10.1. The maximum atomic E-state index is 6.25. The summed E-state index contributed by atoms with van der Waals surface area (Å²) in [4.78, 5) is 1.22. The van der Waals surface area contributed by atoms with Crippen molar-refractivity contribution in [1.29, 1.82) is 0 Å². The van der Waals surface area contributed by atoms with Gasteiger partial charge in [0.25, 0.3) is 0 Å². The van der Waals surface area contributed by atoms with Gasteiger partial charge in [-0.25, -0.2) is 0 Å². The molecule has 0 spiro atoms. The lowest BCUT2D eigenvalue weighted by Crippen LogP contribution is -2.38. The fourth-order valence-electron chi connectivity index (χ4n) is 1.85. The summed E-state index contributed by atoms with van der Waals surface area (Å²) in [5.41, 5.74) is 3.97. The van der Waals surface area contributed by atoms with Crippen LogP contribution in [0, 0.1) is 0 Å². The first-order valence-electron chi connectivity index (χ1n) is 6.37. The van der Waals surface area contributed by atoms with E-state index in [1.54, 1.807) is 11.8 Å². The normalized spacial score (nSPS) is 12.4. The second kappa shape index (κ2) is 8.56. The minimum Gasteiger partial charge on any atom is -0.271 e. The van der Waals surface area contributed by atoms with Crippen molar-refractivity contribution < 1.29 is 0 Å². The van der Waals surface area contributed by atoms with Gasteiger partial charge in [0.15, 0.2) is 0 Å². The van der Waals surface area contributed by atoms with E-state index in [2.05, 4.69) is 49.4 Å². The van der Waals surface area contributed by atoms with Crippen molar-refractivity contribution >= 4 is 55.2 Å². The maximum Gasteiger partial charge on any atom is 0.0449 e. The van der Waals surface area contributed by atoms with Crippen LogP contribution in [0.25, 0.3) is 0 Å². The maximum absolute atomic E-state index is 6.25. The van der Waals surface area contributed by atoms with Crippen molar-refractivity contribution in [3.8, 4) is 0 Å². The second-order valence-corrected chi connectivity index (χ2v) is 7.90. The third-order valence-corrected chi connectivity index (χ3v) is 5.53. The highest BCUT2D eigenvalue weighted by Gasteiger charge is 2.11. The Morgan fingerprint density at radius 3 is 2.38 bits per heavy atom. The van der Waals surface area contributed by atoms with Crippen LogP contribution in [0.2, 0.25) is 5.02 Å². The van der Waals surface area contributed by atoms with Crippen LogP contribution in [0.3, 0.4) is 0 Å². The fraction of sp³-hybridized carbons (Fsp3) is 0.200. The van der Waals surface area contributed by atoms with Gasteiger partial charge in [0.05, 0.1) is 0 Å². The van der Waals surface area contributed by atoms with Gasteiger partial charge in [0, 0.05) is 30.7 Å². The van der Waals surface area contributed by atoms with Gasteiger partial charge in [-0.15, -0.1) is 11.8 Å². The molecule has 112 valence electrons. The Kier molecular flexibility index (Phi) is 7.05. The number of rotatable bonds is 6. The first kappa shape index (κ1) is 17.3. The Labute approximate surface area is 151 Å². The van der Waals surface area contributed by atoms with Gasteiger partial charge in [-0.3, -0.25) is 11.3 Å². The van der Waals surface area contributed by atoms with Crippen LogP contribution in [0.15, 0.2) is 56.3 Å². The zero-order valence-corrected chi connectivity index (χ0v) is 15.9. The smallest absolute Gasteiger partial charge is 0.0449 e. The molecule has 0 aromatic heterocycles. The molecule has 0 aliphatic rings. The van der Waals surface area contributed by atoms with Crippen LogP contribution < -0.4 is 11.3 Å². The number of benzene rings is 2. The van der Waals surface area contributed by atoms with Crippen molar-refractivity contribution in [2.75, 3.05) is 5.75 Å². The van der Waals surface area contributed by atoms with Gasteiger partial charge in [0.1, 0.15) is 0 Å². The van der Waals surface area contributed by atoms with Crippen molar-refractivity contribution in [2.45, 2.75) is 17.4 Å². The summed E-state index contributed by atoms with van der Waals surface area (Å²) in [7, 11) is 0. The van der Waals surface area contributed by atoms with E-state index in [1.807, 2.05) is 30.3 Å². The topological polar surface area (TPSA) is 38.0 Å². The number of thioether (sulfide) groups is 1. The molecule has 0 heterocycles. The Hall–Kier alpha value is -0.0400. The number of hydrazine groups is 1. The van der Waals surface area contributed by atoms with E-state index >= 15 is 0 Å². The van der Waals surface area contributed by atoms with E-state index < -0.39 is 0 Å². The van der Waals surface area contributed by atoms with Crippen molar-refractivity contribution in [3.63, 3.8) is 0 Å². The number of nitrogens with one attached hydrogen (secondary N) is 1. The summed E-state index contributed by atoms with van der Waals surface area (Å²) in [5.74, 6) is 6.55. The van der Waals surface area contributed by atoms with E-state index in [9.17, 15) is 0 Å². The molecule has 3 N–H and O–H groups in total. The quantitative estimate of drug-likeness (QED) is 0.368. The molecule has 0 saturated carbocycles. The molecule has 0 radical (unpaired) electrons. The van der Waals surface area contributed by atoms with Crippen LogP contribution in [0.1, 0.15) is 5.56 Å².